The lowest BCUT2D eigenvalue weighted by Crippen LogP contribution is -2.46. The van der Waals surface area contributed by atoms with Gasteiger partial charge in [0.15, 0.2) is 18.1 Å². The lowest BCUT2D eigenvalue weighted by Gasteiger charge is -2.32. The van der Waals surface area contributed by atoms with E-state index in [2.05, 4.69) is 5.32 Å². The van der Waals surface area contributed by atoms with Gasteiger partial charge in [-0.25, -0.2) is 0 Å². The number of methoxy groups -OCH3 is 1. The third kappa shape index (κ3) is 4.61. The number of likely N-dealkylation sites (tertiary alicyclic amines) is 1. The van der Waals surface area contributed by atoms with Crippen molar-refractivity contribution in [2.24, 2.45) is 5.92 Å². The van der Waals surface area contributed by atoms with Gasteiger partial charge in [0.1, 0.15) is 0 Å². The molecule has 0 unspecified atom stereocenters. The largest absolute Gasteiger partial charge is 0.493 e. The maximum absolute atomic E-state index is 12.3. The van der Waals surface area contributed by atoms with Gasteiger partial charge in [0, 0.05) is 19.1 Å². The van der Waals surface area contributed by atoms with Crippen LogP contribution < -0.4 is 14.8 Å². The highest BCUT2D eigenvalue weighted by molar-refractivity contribution is 5.78. The Morgan fingerprint density at radius 1 is 1.17 bits per heavy atom. The van der Waals surface area contributed by atoms with Crippen molar-refractivity contribution in [1.82, 2.24) is 10.2 Å². The first-order valence-electron chi connectivity index (χ1n) is 8.53. The summed E-state index contributed by atoms with van der Waals surface area (Å²) in [6, 6.07) is 7.97. The van der Waals surface area contributed by atoms with Gasteiger partial charge >= 0.3 is 0 Å². The molecule has 1 aliphatic heterocycles. The molecule has 1 heterocycles. The van der Waals surface area contributed by atoms with Gasteiger partial charge in [-0.05, 0) is 50.3 Å². The molecule has 3 rings (SSSR count). The fraction of sp³-hybridized carbons (Fsp3) is 0.611. The number of benzene rings is 1. The molecule has 2 aliphatic rings. The lowest BCUT2D eigenvalue weighted by atomic mass is 10.0. The standard InChI is InChI=1S/C18H26N2O3/c1-22-16-4-2-3-5-17(16)23-13-18(21)20-10-8-15(9-11-20)19-12-14-6-7-14/h2-5,14-15,19H,6-13H2,1H3. The summed E-state index contributed by atoms with van der Waals surface area (Å²) in [7, 11) is 1.60. The van der Waals surface area contributed by atoms with Crippen LogP contribution in [-0.2, 0) is 4.79 Å². The quantitative estimate of drug-likeness (QED) is 0.836. The summed E-state index contributed by atoms with van der Waals surface area (Å²) >= 11 is 0. The summed E-state index contributed by atoms with van der Waals surface area (Å²) in [5.74, 6) is 2.23. The average Bonchev–Trinajstić information content (AvgIpc) is 3.43. The molecule has 0 radical (unpaired) electrons. The van der Waals surface area contributed by atoms with Crippen LogP contribution in [0, 0.1) is 5.92 Å². The molecule has 1 N–H and O–H groups in total. The third-order valence-electron chi connectivity index (χ3n) is 4.66. The van der Waals surface area contributed by atoms with Crippen molar-refractivity contribution < 1.29 is 14.3 Å². The first-order chi connectivity index (χ1) is 11.3. The molecule has 1 aromatic rings. The van der Waals surface area contributed by atoms with Crippen molar-refractivity contribution >= 4 is 5.91 Å². The van der Waals surface area contributed by atoms with Crippen molar-refractivity contribution in [3.63, 3.8) is 0 Å². The van der Waals surface area contributed by atoms with Gasteiger partial charge in [-0.2, -0.15) is 0 Å². The van der Waals surface area contributed by atoms with Crippen LogP contribution in [-0.4, -0.2) is 50.2 Å². The maximum atomic E-state index is 12.3. The fourth-order valence-electron chi connectivity index (χ4n) is 2.96. The van der Waals surface area contributed by atoms with Crippen LogP contribution in [0.25, 0.3) is 0 Å². The van der Waals surface area contributed by atoms with E-state index in [-0.39, 0.29) is 12.5 Å². The van der Waals surface area contributed by atoms with Crippen LogP contribution in [0.2, 0.25) is 0 Å². The molecule has 1 saturated heterocycles. The van der Waals surface area contributed by atoms with Crippen LogP contribution in [0.3, 0.4) is 0 Å². The summed E-state index contributed by atoms with van der Waals surface area (Å²) in [6.07, 6.45) is 4.83. The SMILES string of the molecule is COc1ccccc1OCC(=O)N1CCC(NCC2CC2)CC1. The van der Waals surface area contributed by atoms with Crippen molar-refractivity contribution in [2.45, 2.75) is 31.7 Å². The number of nitrogens with zero attached hydrogens (tertiary/aromatic N) is 1. The fourth-order valence-corrected chi connectivity index (χ4v) is 2.96. The van der Waals surface area contributed by atoms with Gasteiger partial charge in [0.05, 0.1) is 7.11 Å². The second kappa shape index (κ2) is 7.68. The van der Waals surface area contributed by atoms with Gasteiger partial charge in [-0.15, -0.1) is 0 Å². The predicted octanol–water partition coefficient (Wildman–Crippen LogP) is 2.06. The van der Waals surface area contributed by atoms with E-state index in [1.165, 1.54) is 12.8 Å². The number of piperidine rings is 1. The van der Waals surface area contributed by atoms with Crippen LogP contribution in [0.15, 0.2) is 24.3 Å². The molecule has 1 amide bonds. The number of hydrogen-bond donors (Lipinski definition) is 1. The van der Waals surface area contributed by atoms with Gasteiger partial charge in [-0.1, -0.05) is 12.1 Å². The first kappa shape index (κ1) is 16.1. The Morgan fingerprint density at radius 3 is 2.52 bits per heavy atom. The molecule has 1 aromatic carbocycles. The number of amides is 1. The molecule has 5 heteroatoms. The smallest absolute Gasteiger partial charge is 0.260 e. The molecule has 5 nitrogen and oxygen atoms in total. The van der Waals surface area contributed by atoms with Gasteiger partial charge < -0.3 is 19.7 Å². The van der Waals surface area contributed by atoms with E-state index in [0.717, 1.165) is 38.4 Å². The number of hydrogen-bond acceptors (Lipinski definition) is 4. The highest BCUT2D eigenvalue weighted by Gasteiger charge is 2.26. The minimum atomic E-state index is 0.0524. The summed E-state index contributed by atoms with van der Waals surface area (Å²) in [5, 5.41) is 3.63. The summed E-state index contributed by atoms with van der Waals surface area (Å²) in [4.78, 5) is 14.2. The van der Waals surface area contributed by atoms with Crippen LogP contribution >= 0.6 is 0 Å². The molecule has 23 heavy (non-hydrogen) atoms. The Morgan fingerprint density at radius 2 is 1.87 bits per heavy atom. The van der Waals surface area contributed by atoms with Crippen molar-refractivity contribution in [2.75, 3.05) is 33.4 Å². The van der Waals surface area contributed by atoms with E-state index >= 15 is 0 Å². The maximum Gasteiger partial charge on any atom is 0.260 e. The van der Waals surface area contributed by atoms with Gasteiger partial charge in [0.2, 0.25) is 0 Å². The number of para-hydroxylation sites is 2. The Kier molecular flexibility index (Phi) is 5.39. The predicted molar refractivity (Wildman–Crippen MR) is 88.8 cm³/mol. The van der Waals surface area contributed by atoms with E-state index in [1.54, 1.807) is 7.11 Å². The highest BCUT2D eigenvalue weighted by atomic mass is 16.5. The highest BCUT2D eigenvalue weighted by Crippen LogP contribution is 2.28. The van der Waals surface area contributed by atoms with Gasteiger partial charge in [0.25, 0.3) is 5.91 Å². The molecule has 0 spiro atoms. The molecular formula is C18H26N2O3. The summed E-state index contributed by atoms with van der Waals surface area (Å²) in [6.45, 7) is 2.85. The number of ether oxygens (including phenoxy) is 2. The molecular weight excluding hydrogens is 292 g/mol. The lowest BCUT2D eigenvalue weighted by molar-refractivity contribution is -0.134. The minimum absolute atomic E-state index is 0.0524. The Bertz CT molecular complexity index is 523. The van der Waals surface area contributed by atoms with Crippen molar-refractivity contribution in [3.05, 3.63) is 24.3 Å². The van der Waals surface area contributed by atoms with E-state index < -0.39 is 0 Å². The number of carbonyl (C=O) groups is 1. The summed E-state index contributed by atoms with van der Waals surface area (Å²) < 4.78 is 10.9. The molecule has 2 fully saturated rings. The summed E-state index contributed by atoms with van der Waals surface area (Å²) in [5.41, 5.74) is 0. The molecule has 0 atom stereocenters. The Labute approximate surface area is 137 Å². The average molecular weight is 318 g/mol. The van der Waals surface area contributed by atoms with E-state index in [1.807, 2.05) is 29.2 Å². The number of rotatable bonds is 7. The number of carbonyl (C=O) groups excluding carboxylic acids is 1. The van der Waals surface area contributed by atoms with E-state index in [0.29, 0.717) is 17.5 Å². The normalized spacial score (nSPS) is 18.7. The molecule has 1 aliphatic carbocycles. The second-order valence-corrected chi connectivity index (χ2v) is 6.45. The second-order valence-electron chi connectivity index (χ2n) is 6.45. The topological polar surface area (TPSA) is 50.8 Å². The molecule has 1 saturated carbocycles. The van der Waals surface area contributed by atoms with Crippen LogP contribution in [0.1, 0.15) is 25.7 Å². The first-order valence-corrected chi connectivity index (χ1v) is 8.53. The third-order valence-corrected chi connectivity index (χ3v) is 4.66. The monoisotopic (exact) mass is 318 g/mol. The molecule has 126 valence electrons. The molecule has 0 bridgehead atoms. The minimum Gasteiger partial charge on any atom is -0.493 e. The Balaban J connectivity index is 1.40. The number of nitrogens with one attached hydrogen (secondary N) is 1. The Hall–Kier alpha value is -1.75. The van der Waals surface area contributed by atoms with Crippen molar-refractivity contribution in [1.29, 1.82) is 0 Å². The molecule has 0 aromatic heterocycles. The zero-order chi connectivity index (χ0) is 16.1. The zero-order valence-corrected chi connectivity index (χ0v) is 13.8. The van der Waals surface area contributed by atoms with Crippen LogP contribution in [0.5, 0.6) is 11.5 Å². The van der Waals surface area contributed by atoms with Crippen LogP contribution in [0.4, 0.5) is 0 Å². The van der Waals surface area contributed by atoms with Gasteiger partial charge in [-0.3, -0.25) is 4.79 Å². The van der Waals surface area contributed by atoms with Crippen molar-refractivity contribution in [3.8, 4) is 11.5 Å². The zero-order valence-electron chi connectivity index (χ0n) is 13.8. The van der Waals surface area contributed by atoms with E-state index in [4.69, 9.17) is 9.47 Å². The van der Waals surface area contributed by atoms with E-state index in [9.17, 15) is 4.79 Å².